The highest BCUT2D eigenvalue weighted by Crippen LogP contribution is 1.93. The van der Waals surface area contributed by atoms with Crippen molar-refractivity contribution in [1.29, 1.82) is 0 Å². The van der Waals surface area contributed by atoms with Crippen LogP contribution >= 0.6 is 0 Å². The third-order valence-corrected chi connectivity index (χ3v) is 0.798. The molecule has 46 valence electrons. The number of carboxylic acids is 1. The van der Waals surface area contributed by atoms with Gasteiger partial charge in [-0.1, -0.05) is 6.08 Å². The molecule has 0 rings (SSSR count). The standard InChI is InChI=1S/C5H8O3/c1-2-4(3-6)5(7)8/h2,4,6H,1,3H2,(H,7,8). The fourth-order valence-corrected chi connectivity index (χ4v) is 0.253. The van der Waals surface area contributed by atoms with Crippen molar-refractivity contribution in [3.05, 3.63) is 12.7 Å². The van der Waals surface area contributed by atoms with Gasteiger partial charge in [-0.2, -0.15) is 0 Å². The Kier molecular flexibility index (Phi) is 2.88. The van der Waals surface area contributed by atoms with Crippen LogP contribution in [-0.4, -0.2) is 22.8 Å². The van der Waals surface area contributed by atoms with Crippen molar-refractivity contribution in [3.8, 4) is 0 Å². The summed E-state index contributed by atoms with van der Waals surface area (Å²) in [6, 6.07) is 0. The summed E-state index contributed by atoms with van der Waals surface area (Å²) < 4.78 is 0. The van der Waals surface area contributed by atoms with E-state index in [0.717, 1.165) is 0 Å². The second-order valence-electron chi connectivity index (χ2n) is 1.36. The molecule has 1 atom stereocenters. The van der Waals surface area contributed by atoms with Gasteiger partial charge in [0.05, 0.1) is 12.5 Å². The first kappa shape index (κ1) is 7.17. The van der Waals surface area contributed by atoms with Crippen molar-refractivity contribution in [2.24, 2.45) is 5.92 Å². The first-order chi connectivity index (χ1) is 3.72. The lowest BCUT2D eigenvalue weighted by Gasteiger charge is -1.98. The molecule has 0 radical (unpaired) electrons. The predicted molar refractivity (Wildman–Crippen MR) is 28.4 cm³/mol. The van der Waals surface area contributed by atoms with E-state index in [1.807, 2.05) is 0 Å². The molecule has 3 nitrogen and oxygen atoms in total. The van der Waals surface area contributed by atoms with Gasteiger partial charge in [-0.15, -0.1) is 6.58 Å². The van der Waals surface area contributed by atoms with Crippen LogP contribution in [0.15, 0.2) is 12.7 Å². The van der Waals surface area contributed by atoms with Crippen LogP contribution in [0.2, 0.25) is 0 Å². The molecule has 0 aromatic heterocycles. The number of hydrogen-bond donors (Lipinski definition) is 2. The molecule has 2 N–H and O–H groups in total. The van der Waals surface area contributed by atoms with E-state index >= 15 is 0 Å². The number of rotatable bonds is 3. The molecule has 0 heterocycles. The van der Waals surface area contributed by atoms with E-state index in [4.69, 9.17) is 10.2 Å². The van der Waals surface area contributed by atoms with Gasteiger partial charge in [0.25, 0.3) is 0 Å². The van der Waals surface area contributed by atoms with Crippen molar-refractivity contribution in [3.63, 3.8) is 0 Å². The quantitative estimate of drug-likeness (QED) is 0.505. The van der Waals surface area contributed by atoms with Gasteiger partial charge in [0.2, 0.25) is 0 Å². The first-order valence-corrected chi connectivity index (χ1v) is 2.18. The van der Waals surface area contributed by atoms with Crippen molar-refractivity contribution in [2.45, 2.75) is 0 Å². The van der Waals surface area contributed by atoms with E-state index in [2.05, 4.69) is 6.58 Å². The summed E-state index contributed by atoms with van der Waals surface area (Å²) in [6.45, 7) is 2.84. The van der Waals surface area contributed by atoms with Crippen molar-refractivity contribution in [2.75, 3.05) is 6.61 Å². The summed E-state index contributed by atoms with van der Waals surface area (Å²) in [6.07, 6.45) is 1.20. The molecule has 1 unspecified atom stereocenters. The number of aliphatic carboxylic acids is 1. The molecule has 8 heavy (non-hydrogen) atoms. The number of carbonyl (C=O) groups is 1. The summed E-state index contributed by atoms with van der Waals surface area (Å²) in [5.74, 6) is -1.85. The van der Waals surface area contributed by atoms with Gasteiger partial charge >= 0.3 is 5.97 Å². The fraction of sp³-hybridized carbons (Fsp3) is 0.400. The zero-order valence-corrected chi connectivity index (χ0v) is 4.37. The van der Waals surface area contributed by atoms with Crippen LogP contribution in [0.25, 0.3) is 0 Å². The molecular weight excluding hydrogens is 108 g/mol. The second-order valence-corrected chi connectivity index (χ2v) is 1.36. The lowest BCUT2D eigenvalue weighted by molar-refractivity contribution is -0.141. The van der Waals surface area contributed by atoms with Crippen LogP contribution in [0.3, 0.4) is 0 Å². The van der Waals surface area contributed by atoms with Crippen molar-refractivity contribution in [1.82, 2.24) is 0 Å². The Morgan fingerprint density at radius 1 is 1.88 bits per heavy atom. The Morgan fingerprint density at radius 2 is 2.38 bits per heavy atom. The number of hydrogen-bond acceptors (Lipinski definition) is 2. The molecule has 0 aromatic rings. The van der Waals surface area contributed by atoms with Crippen molar-refractivity contribution < 1.29 is 15.0 Å². The maximum Gasteiger partial charge on any atom is 0.312 e. The highest BCUT2D eigenvalue weighted by atomic mass is 16.4. The fourth-order valence-electron chi connectivity index (χ4n) is 0.253. The molecule has 0 aliphatic heterocycles. The largest absolute Gasteiger partial charge is 0.481 e. The van der Waals surface area contributed by atoms with Gasteiger partial charge in [0, 0.05) is 0 Å². The molecule has 0 bridgehead atoms. The maximum atomic E-state index is 9.93. The lowest BCUT2D eigenvalue weighted by Crippen LogP contribution is -2.14. The smallest absolute Gasteiger partial charge is 0.312 e. The molecule has 3 heteroatoms. The van der Waals surface area contributed by atoms with Crippen LogP contribution in [-0.2, 0) is 4.79 Å². The number of carboxylic acid groups (broad SMARTS) is 1. The average molecular weight is 116 g/mol. The molecule has 0 spiro atoms. The Labute approximate surface area is 47.3 Å². The van der Waals surface area contributed by atoms with Crippen LogP contribution in [0, 0.1) is 5.92 Å². The Hall–Kier alpha value is -0.830. The minimum absolute atomic E-state index is 0.376. The Balaban J connectivity index is 3.69. The zero-order chi connectivity index (χ0) is 6.57. The van der Waals surface area contributed by atoms with Gasteiger partial charge in [-0.3, -0.25) is 4.79 Å². The molecule has 0 aliphatic carbocycles. The average Bonchev–Trinajstić information content (AvgIpc) is 1.69. The normalized spacial score (nSPS) is 12.6. The number of aliphatic hydroxyl groups excluding tert-OH is 1. The van der Waals surface area contributed by atoms with E-state index in [-0.39, 0.29) is 6.61 Å². The SMILES string of the molecule is C=CC(CO)C(=O)O. The predicted octanol–water partition coefficient (Wildman–Crippen LogP) is -0.134. The topological polar surface area (TPSA) is 57.5 Å². The van der Waals surface area contributed by atoms with Gasteiger partial charge in [-0.25, -0.2) is 0 Å². The minimum atomic E-state index is -1.04. The maximum absolute atomic E-state index is 9.93. The monoisotopic (exact) mass is 116 g/mol. The van der Waals surface area contributed by atoms with Crippen LogP contribution in [0.5, 0.6) is 0 Å². The molecule has 0 aromatic carbocycles. The molecule has 0 saturated carbocycles. The minimum Gasteiger partial charge on any atom is -0.481 e. The van der Waals surface area contributed by atoms with E-state index in [1.54, 1.807) is 0 Å². The Morgan fingerprint density at radius 3 is 2.38 bits per heavy atom. The van der Waals surface area contributed by atoms with Gasteiger partial charge in [0.15, 0.2) is 0 Å². The van der Waals surface area contributed by atoms with E-state index in [9.17, 15) is 4.79 Å². The van der Waals surface area contributed by atoms with Crippen LogP contribution < -0.4 is 0 Å². The van der Waals surface area contributed by atoms with Crippen LogP contribution in [0.1, 0.15) is 0 Å². The first-order valence-electron chi connectivity index (χ1n) is 2.18. The summed E-state index contributed by atoms with van der Waals surface area (Å²) in [5, 5.41) is 16.4. The van der Waals surface area contributed by atoms with Gasteiger partial charge in [-0.05, 0) is 0 Å². The lowest BCUT2D eigenvalue weighted by atomic mass is 10.2. The highest BCUT2D eigenvalue weighted by molar-refractivity contribution is 5.72. The summed E-state index contributed by atoms with van der Waals surface area (Å²) in [5.41, 5.74) is 0. The van der Waals surface area contributed by atoms with E-state index in [0.29, 0.717) is 0 Å². The van der Waals surface area contributed by atoms with E-state index < -0.39 is 11.9 Å². The molecule has 0 aliphatic rings. The summed E-state index contributed by atoms with van der Waals surface area (Å²) >= 11 is 0. The van der Waals surface area contributed by atoms with E-state index in [1.165, 1.54) is 6.08 Å². The molecule has 0 amide bonds. The molecule has 0 saturated heterocycles. The van der Waals surface area contributed by atoms with Crippen LogP contribution in [0.4, 0.5) is 0 Å². The molecule has 0 fully saturated rings. The highest BCUT2D eigenvalue weighted by Gasteiger charge is 2.09. The number of aliphatic hydroxyl groups is 1. The zero-order valence-electron chi connectivity index (χ0n) is 4.37. The third-order valence-electron chi connectivity index (χ3n) is 0.798. The second kappa shape index (κ2) is 3.21. The Bertz CT molecular complexity index is 97.8. The summed E-state index contributed by atoms with van der Waals surface area (Å²) in [4.78, 5) is 9.93. The summed E-state index contributed by atoms with van der Waals surface area (Å²) in [7, 11) is 0. The van der Waals surface area contributed by atoms with Gasteiger partial charge in [0.1, 0.15) is 0 Å². The van der Waals surface area contributed by atoms with Gasteiger partial charge < -0.3 is 10.2 Å². The molecular formula is C5H8O3. The third kappa shape index (κ3) is 1.75. The van der Waals surface area contributed by atoms with Crippen molar-refractivity contribution >= 4 is 5.97 Å².